The molecule has 0 radical (unpaired) electrons. The summed E-state index contributed by atoms with van der Waals surface area (Å²) in [5, 5.41) is 2.99. The van der Waals surface area contributed by atoms with Crippen molar-refractivity contribution >= 4 is 12.0 Å². The fourth-order valence-corrected chi connectivity index (χ4v) is 4.45. The van der Waals surface area contributed by atoms with E-state index in [4.69, 9.17) is 9.47 Å². The summed E-state index contributed by atoms with van der Waals surface area (Å²) in [4.78, 5) is 32.8. The molecule has 0 spiro atoms. The molecule has 1 aromatic carbocycles. The van der Waals surface area contributed by atoms with Gasteiger partial charge in [0, 0.05) is 49.0 Å². The predicted octanol–water partition coefficient (Wildman–Crippen LogP) is 3.49. The number of hydrogen-bond acceptors (Lipinski definition) is 6. The van der Waals surface area contributed by atoms with Gasteiger partial charge in [0.15, 0.2) is 0 Å². The molecule has 174 valence electrons. The minimum Gasteiger partial charge on any atom is -0.448 e. The molecule has 2 saturated heterocycles. The lowest BCUT2D eigenvalue weighted by molar-refractivity contribution is 0.0951. The van der Waals surface area contributed by atoms with Gasteiger partial charge < -0.3 is 19.7 Å². The van der Waals surface area contributed by atoms with Gasteiger partial charge in [0.05, 0.1) is 6.54 Å². The predicted molar refractivity (Wildman–Crippen MR) is 122 cm³/mol. The Morgan fingerprint density at radius 1 is 1.09 bits per heavy atom. The second-order valence-corrected chi connectivity index (χ2v) is 9.08. The van der Waals surface area contributed by atoms with Crippen molar-refractivity contribution in [2.75, 3.05) is 26.2 Å². The molecule has 1 saturated carbocycles. The number of ether oxygens (including phenoxy) is 2. The number of likely N-dealkylation sites (tertiary alicyclic amines) is 1. The van der Waals surface area contributed by atoms with Crippen molar-refractivity contribution < 1.29 is 19.1 Å². The van der Waals surface area contributed by atoms with Crippen LogP contribution in [0.4, 0.5) is 4.79 Å². The van der Waals surface area contributed by atoms with Crippen LogP contribution in [0.25, 0.3) is 0 Å². The van der Waals surface area contributed by atoms with Gasteiger partial charge in [-0.25, -0.2) is 9.78 Å². The fraction of sp³-hybridized carbons (Fsp3) is 0.480. The number of aryl methyl sites for hydroxylation is 1. The summed E-state index contributed by atoms with van der Waals surface area (Å²) < 4.78 is 11.0. The average molecular weight is 451 g/mol. The highest BCUT2D eigenvalue weighted by Crippen LogP contribution is 2.25. The number of pyridine rings is 1. The Morgan fingerprint density at radius 3 is 2.48 bits per heavy atom. The fourth-order valence-electron chi connectivity index (χ4n) is 4.45. The van der Waals surface area contributed by atoms with Gasteiger partial charge in [-0.1, -0.05) is 6.07 Å². The molecule has 2 aliphatic heterocycles. The van der Waals surface area contributed by atoms with Gasteiger partial charge in [0.2, 0.25) is 5.88 Å². The molecule has 3 fully saturated rings. The lowest BCUT2D eigenvalue weighted by atomic mass is 10.0. The van der Waals surface area contributed by atoms with Crippen LogP contribution in [0.3, 0.4) is 0 Å². The van der Waals surface area contributed by atoms with Gasteiger partial charge in [-0.15, -0.1) is 0 Å². The molecular formula is C25H30N4O4. The Balaban J connectivity index is 1.13. The molecule has 5 rings (SSSR count). The molecule has 33 heavy (non-hydrogen) atoms. The van der Waals surface area contributed by atoms with E-state index in [1.807, 2.05) is 17.9 Å². The number of hydrogen-bond donors (Lipinski definition) is 1. The zero-order chi connectivity index (χ0) is 22.8. The number of amides is 2. The molecule has 1 N–H and O–H groups in total. The van der Waals surface area contributed by atoms with Gasteiger partial charge in [-0.05, 0) is 62.4 Å². The van der Waals surface area contributed by atoms with Crippen molar-refractivity contribution in [2.24, 2.45) is 0 Å². The molecule has 0 unspecified atom stereocenters. The van der Waals surface area contributed by atoms with Crippen molar-refractivity contribution in [1.29, 1.82) is 0 Å². The molecule has 3 aliphatic rings. The first-order valence-corrected chi connectivity index (χ1v) is 11.8. The summed E-state index contributed by atoms with van der Waals surface area (Å²) in [6.45, 7) is 5.96. The van der Waals surface area contributed by atoms with Crippen LogP contribution in [0.5, 0.6) is 11.6 Å². The minimum absolute atomic E-state index is 0.0354. The standard InChI is InChI=1S/C25H30N4O4/c1-17-19(16-28-12-10-21(11-13-28)29-14-15-32-25(29)31)4-9-23(26-17)33-22-7-2-18(3-8-22)24(30)27-20-5-6-20/h2-4,7-9,20-21H,5-6,10-16H2,1H3,(H,27,30). The van der Waals surface area contributed by atoms with E-state index < -0.39 is 0 Å². The molecule has 0 atom stereocenters. The number of aromatic nitrogens is 1. The molecule has 8 nitrogen and oxygen atoms in total. The highest BCUT2D eigenvalue weighted by atomic mass is 16.6. The van der Waals surface area contributed by atoms with Gasteiger partial charge in [0.25, 0.3) is 5.91 Å². The summed E-state index contributed by atoms with van der Waals surface area (Å²) in [6, 6.07) is 11.7. The number of rotatable bonds is 7. The first-order valence-electron chi connectivity index (χ1n) is 11.8. The van der Waals surface area contributed by atoms with E-state index in [2.05, 4.69) is 21.3 Å². The summed E-state index contributed by atoms with van der Waals surface area (Å²) >= 11 is 0. The average Bonchev–Trinajstić information content (AvgIpc) is 3.53. The number of benzene rings is 1. The van der Waals surface area contributed by atoms with Crippen LogP contribution in [0.2, 0.25) is 0 Å². The summed E-state index contributed by atoms with van der Waals surface area (Å²) in [5.41, 5.74) is 2.76. The van der Waals surface area contributed by atoms with Gasteiger partial charge in [-0.2, -0.15) is 0 Å². The first-order chi connectivity index (χ1) is 16.0. The maximum atomic E-state index is 12.1. The van der Waals surface area contributed by atoms with E-state index in [1.54, 1.807) is 24.3 Å². The molecular weight excluding hydrogens is 420 g/mol. The zero-order valence-electron chi connectivity index (χ0n) is 19.0. The van der Waals surface area contributed by atoms with Crippen LogP contribution < -0.4 is 10.1 Å². The smallest absolute Gasteiger partial charge is 0.410 e. The van der Waals surface area contributed by atoms with Gasteiger partial charge in [-0.3, -0.25) is 9.69 Å². The van der Waals surface area contributed by atoms with Crippen LogP contribution in [0, 0.1) is 6.92 Å². The SMILES string of the molecule is Cc1nc(Oc2ccc(C(=O)NC3CC3)cc2)ccc1CN1CCC(N2CCOC2=O)CC1. The number of piperidine rings is 1. The monoisotopic (exact) mass is 450 g/mol. The van der Waals surface area contributed by atoms with E-state index in [0.717, 1.165) is 51.0 Å². The number of cyclic esters (lactones) is 1. The van der Waals surface area contributed by atoms with Crippen LogP contribution in [-0.2, 0) is 11.3 Å². The van der Waals surface area contributed by atoms with E-state index in [1.165, 1.54) is 5.56 Å². The highest BCUT2D eigenvalue weighted by molar-refractivity contribution is 5.94. The Kier molecular flexibility index (Phi) is 6.17. The summed E-state index contributed by atoms with van der Waals surface area (Å²) in [5.74, 6) is 1.16. The van der Waals surface area contributed by atoms with Crippen LogP contribution in [0.1, 0.15) is 47.3 Å². The second kappa shape index (κ2) is 9.39. The second-order valence-electron chi connectivity index (χ2n) is 9.08. The molecule has 0 bridgehead atoms. The topological polar surface area (TPSA) is 84.0 Å². The van der Waals surface area contributed by atoms with Crippen LogP contribution in [-0.4, -0.2) is 65.1 Å². The molecule has 2 aromatic rings. The summed E-state index contributed by atoms with van der Waals surface area (Å²) in [6.07, 6.45) is 3.91. The maximum absolute atomic E-state index is 12.1. The molecule has 2 amide bonds. The van der Waals surface area contributed by atoms with Crippen molar-refractivity contribution in [1.82, 2.24) is 20.1 Å². The minimum atomic E-state index is -0.166. The largest absolute Gasteiger partial charge is 0.448 e. The molecule has 1 aromatic heterocycles. The molecule has 3 heterocycles. The molecule has 1 aliphatic carbocycles. The molecule has 8 heteroatoms. The number of nitrogens with one attached hydrogen (secondary N) is 1. The lowest BCUT2D eigenvalue weighted by Crippen LogP contribution is -2.45. The third kappa shape index (κ3) is 5.27. The van der Waals surface area contributed by atoms with E-state index in [9.17, 15) is 9.59 Å². The van der Waals surface area contributed by atoms with E-state index >= 15 is 0 Å². The summed E-state index contributed by atoms with van der Waals surface area (Å²) in [7, 11) is 0. The normalized spacial score (nSPS) is 19.4. The Bertz CT molecular complexity index is 1010. The van der Waals surface area contributed by atoms with Crippen molar-refractivity contribution in [3.8, 4) is 11.6 Å². The van der Waals surface area contributed by atoms with Crippen LogP contribution in [0.15, 0.2) is 36.4 Å². The Hall–Kier alpha value is -3.13. The van der Waals surface area contributed by atoms with Crippen molar-refractivity contribution in [3.63, 3.8) is 0 Å². The third-order valence-electron chi connectivity index (χ3n) is 6.61. The van der Waals surface area contributed by atoms with Crippen LogP contribution >= 0.6 is 0 Å². The van der Waals surface area contributed by atoms with Gasteiger partial charge >= 0.3 is 6.09 Å². The third-order valence-corrected chi connectivity index (χ3v) is 6.61. The van der Waals surface area contributed by atoms with Gasteiger partial charge in [0.1, 0.15) is 12.4 Å². The number of carbonyl (C=O) groups excluding carboxylic acids is 2. The quantitative estimate of drug-likeness (QED) is 0.695. The Labute approximate surface area is 193 Å². The number of carbonyl (C=O) groups is 2. The zero-order valence-corrected chi connectivity index (χ0v) is 19.0. The van der Waals surface area contributed by atoms with E-state index in [-0.39, 0.29) is 18.0 Å². The first kappa shape index (κ1) is 21.7. The van der Waals surface area contributed by atoms with Crippen molar-refractivity contribution in [3.05, 3.63) is 53.2 Å². The van der Waals surface area contributed by atoms with E-state index in [0.29, 0.717) is 36.4 Å². The lowest BCUT2D eigenvalue weighted by Gasteiger charge is -2.35. The Morgan fingerprint density at radius 2 is 1.85 bits per heavy atom. The maximum Gasteiger partial charge on any atom is 0.410 e. The number of nitrogens with zero attached hydrogens (tertiary/aromatic N) is 3. The highest BCUT2D eigenvalue weighted by Gasteiger charge is 2.32. The van der Waals surface area contributed by atoms with Crippen molar-refractivity contribution in [2.45, 2.75) is 51.2 Å².